The molecule has 10 aromatic heterocycles. The molecule has 0 saturated carbocycles. The molecule has 0 fully saturated rings. The number of nitrogens with zero attached hydrogens (tertiary/aromatic N) is 12. The number of pyridine rings is 5. The van der Waals surface area contributed by atoms with Gasteiger partial charge >= 0.3 is 0 Å². The molecule has 8 aromatic carbocycles. The Morgan fingerprint density at radius 3 is 1.47 bits per heavy atom. The summed E-state index contributed by atoms with van der Waals surface area (Å²) in [6.45, 7) is 6.98. The molecule has 12 nitrogen and oxygen atoms in total. The van der Waals surface area contributed by atoms with Gasteiger partial charge in [-0.25, -0.2) is 9.65 Å². The van der Waals surface area contributed by atoms with Gasteiger partial charge in [0.2, 0.25) is 0 Å². The number of nitriles is 1. The van der Waals surface area contributed by atoms with Crippen molar-refractivity contribution in [2.75, 3.05) is 0 Å². The van der Waals surface area contributed by atoms with E-state index in [1.165, 1.54) is 56.1 Å². The Morgan fingerprint density at radius 2 is 0.872 bits per heavy atom. The van der Waals surface area contributed by atoms with Gasteiger partial charge in [-0.15, -0.1) is 118 Å². The number of halogens is 2. The largest absolute Gasteiger partial charge is 0.347 e. The van der Waals surface area contributed by atoms with Gasteiger partial charge < -0.3 is 22.0 Å². The minimum Gasteiger partial charge on any atom is -0.347 e. The molecule has 0 saturated heterocycles. The second-order valence-corrected chi connectivity index (χ2v) is 20.3. The van der Waals surface area contributed by atoms with Gasteiger partial charge in [0, 0.05) is 184 Å². The SMILES string of the molecule is N#Cc1c[c-]c2c(ccn3ccnc23)c1F.[C-]#[N+]c1c(F)c[c-]c2c1ccn1ccnc21.[Pt].[Pt].[Pt].[Pt].[Pt].[c-]1ccc(-c2ccccc2)c2ccn3ccnc3c12.[c-]1cccc2c(-c3ccccc3)cn3ccnc3c12.[c-]1cccc2cc(-c3ccccc3)n3ccnc3c12. The third-order valence-corrected chi connectivity index (χ3v) is 15.2. The smallest absolute Gasteiger partial charge is 0.149 e. The summed E-state index contributed by atoms with van der Waals surface area (Å²) in [6.07, 6.45) is 25.9. The number of fused-ring (bicyclic) bond motifs is 15. The predicted molar refractivity (Wildman–Crippen MR) is 345 cm³/mol. The van der Waals surface area contributed by atoms with Gasteiger partial charge in [0.05, 0.1) is 46.7 Å². The third kappa shape index (κ3) is 13.6. The molecule has 0 aliphatic rings. The number of aromatic nitrogens is 10. The number of hydrogen-bond donors (Lipinski definition) is 0. The minimum absolute atomic E-state index is 0. The summed E-state index contributed by atoms with van der Waals surface area (Å²) in [5.41, 5.74) is 11.4. The second-order valence-electron chi connectivity index (χ2n) is 20.3. The van der Waals surface area contributed by atoms with Crippen molar-refractivity contribution in [1.82, 2.24) is 46.9 Å². The molecule has 0 amide bonds. The third-order valence-electron chi connectivity index (χ3n) is 15.2. The van der Waals surface area contributed by atoms with E-state index in [4.69, 9.17) is 11.8 Å². The van der Waals surface area contributed by atoms with Crippen LogP contribution in [0.5, 0.6) is 0 Å². The van der Waals surface area contributed by atoms with Crippen LogP contribution in [0.3, 0.4) is 0 Å². The minimum atomic E-state index is -0.543. The van der Waals surface area contributed by atoms with Gasteiger partial charge in [0.25, 0.3) is 0 Å². The van der Waals surface area contributed by atoms with Crippen LogP contribution in [-0.4, -0.2) is 46.9 Å². The molecular formula is C75H43F2N12Pt5-5. The van der Waals surface area contributed by atoms with E-state index in [1.54, 1.807) is 59.8 Å². The van der Waals surface area contributed by atoms with Gasteiger partial charge in [-0.1, -0.05) is 148 Å². The number of rotatable bonds is 3. The molecule has 0 bridgehead atoms. The van der Waals surface area contributed by atoms with E-state index in [1.807, 2.05) is 101 Å². The van der Waals surface area contributed by atoms with Crippen LogP contribution in [0.15, 0.2) is 263 Å². The quantitative estimate of drug-likeness (QED) is 0.163. The molecule has 0 radical (unpaired) electrons. The number of imidazole rings is 5. The summed E-state index contributed by atoms with van der Waals surface area (Å²) < 4.78 is 37.0. The second kappa shape index (κ2) is 31.1. The Bertz CT molecular complexity index is 5710. The first kappa shape index (κ1) is 69.1. The van der Waals surface area contributed by atoms with Crippen LogP contribution in [0.4, 0.5) is 14.5 Å². The van der Waals surface area contributed by atoms with E-state index in [0.717, 1.165) is 38.8 Å². The Kier molecular flexibility index (Phi) is 22.9. The van der Waals surface area contributed by atoms with Gasteiger partial charge in [0.15, 0.2) is 0 Å². The van der Waals surface area contributed by atoms with Crippen molar-refractivity contribution in [1.29, 1.82) is 5.26 Å². The van der Waals surface area contributed by atoms with Gasteiger partial charge in [-0.3, -0.25) is 34.2 Å². The Morgan fingerprint density at radius 1 is 0.415 bits per heavy atom. The van der Waals surface area contributed by atoms with E-state index >= 15 is 0 Å². The maximum atomic E-state index is 13.8. The normalized spacial score (nSPS) is 10.4. The van der Waals surface area contributed by atoms with Crippen LogP contribution in [0.25, 0.3) is 120 Å². The van der Waals surface area contributed by atoms with Crippen LogP contribution in [-0.2, 0) is 105 Å². The molecule has 0 N–H and O–H groups in total. The number of benzene rings is 8. The van der Waals surface area contributed by atoms with Gasteiger partial charge in [0.1, 0.15) is 5.69 Å². The standard InChI is InChI=1S/3C17H11N2.2C12H5FN3.5Pt/c1-2-6-13(7-3-1)16-12-19-11-10-18-17(19)15-9-5-4-8-14(15)16;1-2-6-13(7-3-1)16-12-14-8-4-5-9-15(14)17-18-10-11-19(16)17;1-2-5-13(6-3-1)14-7-4-8-16-15(14)9-11-19-12-10-18-17(16)19;1-14-11-8-4-6-16-7-5-15-12(16)9(8)2-3-10(11)13;13-11-8(7-14)1-2-10-9(11)3-5-16-6-4-15-12(10)16;;;;;/h2*1-8,10-12H;1-7,9-12H;3-7H;1,3-6H;;;;;/q5*-1;;;;;. The van der Waals surface area contributed by atoms with Crippen molar-refractivity contribution >= 4 is 87.8 Å². The summed E-state index contributed by atoms with van der Waals surface area (Å²) in [5.74, 6) is -1.06. The Balaban J connectivity index is 0.000000137. The average molecular weight is 2130 g/mol. The van der Waals surface area contributed by atoms with E-state index < -0.39 is 11.6 Å². The molecular weight excluding hydrogens is 2080 g/mol. The fourth-order valence-electron chi connectivity index (χ4n) is 11.0. The van der Waals surface area contributed by atoms with Crippen molar-refractivity contribution < 1.29 is 114 Å². The predicted octanol–water partition coefficient (Wildman–Crippen LogP) is 17.1. The van der Waals surface area contributed by atoms with E-state index in [-0.39, 0.29) is 117 Å². The van der Waals surface area contributed by atoms with Gasteiger partial charge in [-0.05, 0) is 47.0 Å². The molecule has 0 unspecified atom stereocenters. The first-order chi connectivity index (χ1) is 43.9. The number of hydrogen-bond acceptors (Lipinski definition) is 6. The topological polar surface area (TPSA) is 115 Å². The molecule has 10 heterocycles. The zero-order chi connectivity index (χ0) is 60.2. The molecule has 18 rings (SSSR count). The molecule has 0 aliphatic carbocycles. The Hall–Kier alpha value is -9.21. The van der Waals surface area contributed by atoms with Crippen LogP contribution >= 0.6 is 0 Å². The van der Waals surface area contributed by atoms with Crippen LogP contribution < -0.4 is 0 Å². The molecule has 19 heteroatoms. The van der Waals surface area contributed by atoms with Crippen molar-refractivity contribution in [3.05, 3.63) is 322 Å². The van der Waals surface area contributed by atoms with E-state index in [0.29, 0.717) is 32.8 Å². The summed E-state index contributed by atoms with van der Waals surface area (Å²) in [7, 11) is 0. The Labute approximate surface area is 609 Å². The van der Waals surface area contributed by atoms with Crippen molar-refractivity contribution in [2.45, 2.75) is 0 Å². The van der Waals surface area contributed by atoms with Crippen LogP contribution in [0.1, 0.15) is 5.56 Å². The maximum absolute atomic E-state index is 13.8. The summed E-state index contributed by atoms with van der Waals surface area (Å²) in [4.78, 5) is 24.8. The van der Waals surface area contributed by atoms with Crippen LogP contribution in [0, 0.1) is 59.9 Å². The first-order valence-electron chi connectivity index (χ1n) is 28.1. The molecule has 18 aromatic rings. The van der Waals surface area contributed by atoms with E-state index in [9.17, 15) is 8.78 Å². The average Bonchev–Trinajstić information content (AvgIpc) is 1.43. The van der Waals surface area contributed by atoms with Crippen LogP contribution in [0.2, 0.25) is 0 Å². The molecule has 94 heavy (non-hydrogen) atoms. The maximum Gasteiger partial charge on any atom is 0.149 e. The molecule has 0 spiro atoms. The zero-order valence-corrected chi connectivity index (χ0v) is 59.9. The summed E-state index contributed by atoms with van der Waals surface area (Å²) >= 11 is 0. The first-order valence-corrected chi connectivity index (χ1v) is 28.1. The fourth-order valence-corrected chi connectivity index (χ4v) is 11.0. The summed E-state index contributed by atoms with van der Waals surface area (Å²) in [5, 5.41) is 17.6. The summed E-state index contributed by atoms with van der Waals surface area (Å²) in [6, 6.07) is 75.0. The molecule has 472 valence electrons. The van der Waals surface area contributed by atoms with Gasteiger partial charge in [-0.2, -0.15) is 0 Å². The zero-order valence-electron chi connectivity index (χ0n) is 48.5. The van der Waals surface area contributed by atoms with E-state index in [2.05, 4.69) is 178 Å². The molecule has 0 aliphatic heterocycles. The van der Waals surface area contributed by atoms with Crippen molar-refractivity contribution in [3.63, 3.8) is 0 Å². The van der Waals surface area contributed by atoms with Crippen molar-refractivity contribution in [2.24, 2.45) is 0 Å². The van der Waals surface area contributed by atoms with Crippen molar-refractivity contribution in [3.8, 4) is 39.6 Å². The monoisotopic (exact) mass is 2120 g/mol. The fraction of sp³-hybridized carbons (Fsp3) is 0. The molecule has 0 atom stereocenters.